The van der Waals surface area contributed by atoms with Crippen LogP contribution >= 0.6 is 0 Å². The summed E-state index contributed by atoms with van der Waals surface area (Å²) in [5.74, 6) is 0.851. The van der Waals surface area contributed by atoms with Crippen LogP contribution in [0.3, 0.4) is 0 Å². The van der Waals surface area contributed by atoms with Gasteiger partial charge in [0, 0.05) is 12.6 Å². The summed E-state index contributed by atoms with van der Waals surface area (Å²) >= 11 is 0. The predicted octanol–water partition coefficient (Wildman–Crippen LogP) is 2.35. The summed E-state index contributed by atoms with van der Waals surface area (Å²) < 4.78 is 0. The van der Waals surface area contributed by atoms with E-state index in [1.165, 1.54) is 19.4 Å². The lowest BCUT2D eigenvalue weighted by Gasteiger charge is -2.22. The third-order valence-corrected chi connectivity index (χ3v) is 3.04. The largest absolute Gasteiger partial charge is 0.313 e. The summed E-state index contributed by atoms with van der Waals surface area (Å²) in [6.07, 6.45) is 2.58. The van der Waals surface area contributed by atoms with E-state index in [1.807, 2.05) is 0 Å². The van der Waals surface area contributed by atoms with Crippen LogP contribution < -0.4 is 5.32 Å². The minimum atomic E-state index is 0.612. The molecule has 1 unspecified atom stereocenters. The molecule has 2 nitrogen and oxygen atoms in total. The first-order valence-electron chi connectivity index (χ1n) is 6.05. The van der Waals surface area contributed by atoms with E-state index in [-0.39, 0.29) is 0 Å². The Morgan fingerprint density at radius 3 is 2.14 bits per heavy atom. The summed E-state index contributed by atoms with van der Waals surface area (Å²) in [6, 6.07) is 0.612. The number of nitrogens with zero attached hydrogens (tertiary/aromatic N) is 1. The van der Waals surface area contributed by atoms with Crippen LogP contribution in [0.5, 0.6) is 0 Å². The van der Waals surface area contributed by atoms with Crippen molar-refractivity contribution in [3.8, 4) is 0 Å². The van der Waals surface area contributed by atoms with Gasteiger partial charge < -0.3 is 10.2 Å². The second-order valence-corrected chi connectivity index (χ2v) is 4.35. The molecule has 0 aliphatic rings. The van der Waals surface area contributed by atoms with E-state index in [0.29, 0.717) is 6.04 Å². The average Bonchev–Trinajstić information content (AvgIpc) is 2.19. The van der Waals surface area contributed by atoms with Gasteiger partial charge in [0.1, 0.15) is 0 Å². The Hall–Kier alpha value is -0.0800. The smallest absolute Gasteiger partial charge is 0.0166 e. The molecule has 0 fully saturated rings. The van der Waals surface area contributed by atoms with E-state index in [9.17, 15) is 0 Å². The summed E-state index contributed by atoms with van der Waals surface area (Å²) in [6.45, 7) is 12.5. The Morgan fingerprint density at radius 2 is 1.71 bits per heavy atom. The maximum absolute atomic E-state index is 3.61. The molecule has 2 heteroatoms. The van der Waals surface area contributed by atoms with Crippen LogP contribution in [0.15, 0.2) is 0 Å². The zero-order chi connectivity index (χ0) is 11.0. The quantitative estimate of drug-likeness (QED) is 0.647. The third kappa shape index (κ3) is 6.39. The van der Waals surface area contributed by atoms with Crippen LogP contribution in [0.1, 0.15) is 40.5 Å². The van der Waals surface area contributed by atoms with E-state index in [4.69, 9.17) is 0 Å². The molecular formula is C12H28N2. The molecule has 0 radical (unpaired) electrons. The van der Waals surface area contributed by atoms with Crippen molar-refractivity contribution in [1.29, 1.82) is 0 Å². The van der Waals surface area contributed by atoms with E-state index < -0.39 is 0 Å². The molecule has 0 aliphatic carbocycles. The molecule has 0 aromatic rings. The molecule has 0 aliphatic heterocycles. The lowest BCUT2D eigenvalue weighted by molar-refractivity contribution is 0.299. The first-order valence-corrected chi connectivity index (χ1v) is 6.05. The van der Waals surface area contributed by atoms with E-state index in [2.05, 4.69) is 45.0 Å². The Labute approximate surface area is 90.1 Å². The van der Waals surface area contributed by atoms with Gasteiger partial charge in [-0.2, -0.15) is 0 Å². The zero-order valence-electron chi connectivity index (χ0n) is 10.6. The van der Waals surface area contributed by atoms with Crippen molar-refractivity contribution in [1.82, 2.24) is 10.2 Å². The van der Waals surface area contributed by atoms with Crippen molar-refractivity contribution in [3.05, 3.63) is 0 Å². The van der Waals surface area contributed by atoms with Gasteiger partial charge in [-0.25, -0.2) is 0 Å². The van der Waals surface area contributed by atoms with Crippen LogP contribution in [0.25, 0.3) is 0 Å². The molecule has 0 aromatic heterocycles. The predicted molar refractivity (Wildman–Crippen MR) is 64.7 cm³/mol. The van der Waals surface area contributed by atoms with Crippen molar-refractivity contribution in [3.63, 3.8) is 0 Å². The zero-order valence-corrected chi connectivity index (χ0v) is 10.6. The average molecular weight is 200 g/mol. The lowest BCUT2D eigenvalue weighted by Crippen LogP contribution is -2.39. The molecule has 86 valence electrons. The molecule has 1 atom stereocenters. The monoisotopic (exact) mass is 200 g/mol. The van der Waals surface area contributed by atoms with Gasteiger partial charge in [0.05, 0.1) is 0 Å². The summed E-state index contributed by atoms with van der Waals surface area (Å²) in [7, 11) is 2.18. The molecule has 0 saturated carbocycles. The van der Waals surface area contributed by atoms with Crippen LogP contribution in [-0.2, 0) is 0 Å². The highest BCUT2D eigenvalue weighted by Crippen LogP contribution is 2.05. The van der Waals surface area contributed by atoms with Crippen molar-refractivity contribution in [2.45, 2.75) is 46.6 Å². The second kappa shape index (κ2) is 8.25. The van der Waals surface area contributed by atoms with Gasteiger partial charge in [-0.05, 0) is 33.0 Å². The molecule has 0 heterocycles. The van der Waals surface area contributed by atoms with Gasteiger partial charge in [-0.15, -0.1) is 0 Å². The molecular weight excluding hydrogens is 172 g/mol. The number of rotatable bonds is 8. The number of hydrogen-bond donors (Lipinski definition) is 1. The highest BCUT2D eigenvalue weighted by molar-refractivity contribution is 4.67. The summed E-state index contributed by atoms with van der Waals surface area (Å²) in [5.41, 5.74) is 0. The highest BCUT2D eigenvalue weighted by Gasteiger charge is 2.07. The van der Waals surface area contributed by atoms with Gasteiger partial charge >= 0.3 is 0 Å². The maximum atomic E-state index is 3.61. The van der Waals surface area contributed by atoms with E-state index >= 15 is 0 Å². The first-order chi connectivity index (χ1) is 6.63. The summed E-state index contributed by atoms with van der Waals surface area (Å²) in [4.78, 5) is 2.35. The summed E-state index contributed by atoms with van der Waals surface area (Å²) in [5, 5.41) is 3.61. The molecule has 0 amide bonds. The Morgan fingerprint density at radius 1 is 1.14 bits per heavy atom. The fraction of sp³-hybridized carbons (Fsp3) is 1.00. The van der Waals surface area contributed by atoms with Crippen molar-refractivity contribution >= 4 is 0 Å². The number of likely N-dealkylation sites (N-methyl/N-ethyl adjacent to an activating group) is 1. The minimum Gasteiger partial charge on any atom is -0.313 e. The van der Waals surface area contributed by atoms with Gasteiger partial charge in [-0.3, -0.25) is 0 Å². The molecule has 14 heavy (non-hydrogen) atoms. The lowest BCUT2D eigenvalue weighted by atomic mass is 10.0. The second-order valence-electron chi connectivity index (χ2n) is 4.35. The number of nitrogens with one attached hydrogen (secondary N) is 1. The Bertz CT molecular complexity index is 121. The van der Waals surface area contributed by atoms with E-state index in [1.54, 1.807) is 0 Å². The standard InChI is InChI=1S/C12H28N2/c1-6-12(7-2)9-13-11(4)10-14(5)8-3/h11-13H,6-10H2,1-5H3. The maximum Gasteiger partial charge on any atom is 0.0166 e. The number of hydrogen-bond acceptors (Lipinski definition) is 2. The topological polar surface area (TPSA) is 15.3 Å². The normalized spacial score (nSPS) is 13.9. The van der Waals surface area contributed by atoms with Gasteiger partial charge in [0.25, 0.3) is 0 Å². The van der Waals surface area contributed by atoms with Crippen LogP contribution in [-0.4, -0.2) is 37.6 Å². The van der Waals surface area contributed by atoms with Crippen molar-refractivity contribution < 1.29 is 0 Å². The molecule has 1 N–H and O–H groups in total. The van der Waals surface area contributed by atoms with E-state index in [0.717, 1.165) is 19.0 Å². The van der Waals surface area contributed by atoms with Gasteiger partial charge in [0.2, 0.25) is 0 Å². The fourth-order valence-electron chi connectivity index (χ4n) is 1.61. The molecule has 0 saturated heterocycles. The Balaban J connectivity index is 3.56. The Kier molecular flexibility index (Phi) is 8.20. The minimum absolute atomic E-state index is 0.612. The van der Waals surface area contributed by atoms with Crippen LogP contribution in [0.4, 0.5) is 0 Å². The molecule has 0 aromatic carbocycles. The SMILES string of the molecule is CCC(CC)CNC(C)CN(C)CC. The van der Waals surface area contributed by atoms with Crippen molar-refractivity contribution in [2.75, 3.05) is 26.7 Å². The van der Waals surface area contributed by atoms with Crippen LogP contribution in [0.2, 0.25) is 0 Å². The molecule has 0 bridgehead atoms. The molecule has 0 rings (SSSR count). The highest BCUT2D eigenvalue weighted by atomic mass is 15.1. The molecule has 0 spiro atoms. The van der Waals surface area contributed by atoms with Gasteiger partial charge in [0.15, 0.2) is 0 Å². The van der Waals surface area contributed by atoms with Crippen LogP contribution in [0, 0.1) is 5.92 Å². The van der Waals surface area contributed by atoms with Crippen molar-refractivity contribution in [2.24, 2.45) is 5.92 Å². The van der Waals surface area contributed by atoms with Gasteiger partial charge in [-0.1, -0.05) is 33.6 Å². The third-order valence-electron chi connectivity index (χ3n) is 3.04. The fourth-order valence-corrected chi connectivity index (χ4v) is 1.61. The first kappa shape index (κ1) is 13.9.